The predicted octanol–water partition coefficient (Wildman–Crippen LogP) is 0.537. The first-order valence-electron chi connectivity index (χ1n) is 6.20. The molecule has 1 heterocycles. The Morgan fingerprint density at radius 2 is 2.25 bits per heavy atom. The number of rotatable bonds is 4. The first-order chi connectivity index (χ1) is 7.54. The maximum absolute atomic E-state index is 11.9. The van der Waals surface area contributed by atoms with Gasteiger partial charge in [0.25, 0.3) is 0 Å². The normalized spacial score (nSPS) is 22.4. The average molecular weight is 227 g/mol. The van der Waals surface area contributed by atoms with Gasteiger partial charge in [-0.3, -0.25) is 9.69 Å². The van der Waals surface area contributed by atoms with E-state index in [2.05, 4.69) is 10.2 Å². The summed E-state index contributed by atoms with van der Waals surface area (Å²) in [6, 6.07) is 0.836. The Morgan fingerprint density at radius 1 is 1.56 bits per heavy atom. The summed E-state index contributed by atoms with van der Waals surface area (Å²) in [6.07, 6.45) is 2.41. The van der Waals surface area contributed by atoms with Crippen molar-refractivity contribution in [2.24, 2.45) is 0 Å². The number of nitrogens with one attached hydrogen (secondary N) is 1. The van der Waals surface area contributed by atoms with Crippen LogP contribution in [0.1, 0.15) is 26.7 Å². The lowest BCUT2D eigenvalue weighted by atomic mass is 10.1. The molecule has 0 radical (unpaired) electrons. The molecule has 0 spiro atoms. The maximum Gasteiger partial charge on any atom is 0.236 e. The third-order valence-electron chi connectivity index (χ3n) is 3.44. The van der Waals surface area contributed by atoms with Crippen LogP contribution in [0.25, 0.3) is 0 Å². The minimum atomic E-state index is 0.228. The van der Waals surface area contributed by atoms with Gasteiger partial charge in [-0.05, 0) is 40.3 Å². The molecule has 1 amide bonds. The molecule has 94 valence electrons. The standard InChI is InChI=1S/C12H25N3O/c1-10(2)14(4)12(16)9-15-7-5-6-11(8-15)13-3/h10-11,13H,5-9H2,1-4H3. The highest BCUT2D eigenvalue weighted by molar-refractivity contribution is 5.78. The third kappa shape index (κ3) is 3.76. The van der Waals surface area contributed by atoms with Gasteiger partial charge >= 0.3 is 0 Å². The number of hydrogen-bond donors (Lipinski definition) is 1. The van der Waals surface area contributed by atoms with Crippen molar-refractivity contribution in [1.82, 2.24) is 15.1 Å². The minimum absolute atomic E-state index is 0.228. The van der Waals surface area contributed by atoms with Gasteiger partial charge in [0.15, 0.2) is 0 Å². The van der Waals surface area contributed by atoms with Crippen LogP contribution in [0.5, 0.6) is 0 Å². The van der Waals surface area contributed by atoms with E-state index in [0.29, 0.717) is 12.6 Å². The molecule has 1 aliphatic rings. The molecule has 1 N–H and O–H groups in total. The van der Waals surface area contributed by atoms with E-state index in [0.717, 1.165) is 13.1 Å². The fraction of sp³-hybridized carbons (Fsp3) is 0.917. The number of carbonyl (C=O) groups excluding carboxylic acids is 1. The van der Waals surface area contributed by atoms with E-state index in [9.17, 15) is 4.79 Å². The van der Waals surface area contributed by atoms with Crippen LogP contribution in [0.15, 0.2) is 0 Å². The van der Waals surface area contributed by atoms with Crippen LogP contribution in [-0.2, 0) is 4.79 Å². The molecular formula is C12H25N3O. The second-order valence-electron chi connectivity index (χ2n) is 4.96. The van der Waals surface area contributed by atoms with E-state index in [1.807, 2.05) is 32.8 Å². The van der Waals surface area contributed by atoms with Gasteiger partial charge in [-0.2, -0.15) is 0 Å². The molecule has 0 aliphatic carbocycles. The zero-order valence-electron chi connectivity index (χ0n) is 11.0. The molecule has 1 fully saturated rings. The largest absolute Gasteiger partial charge is 0.342 e. The SMILES string of the molecule is CNC1CCCN(CC(=O)N(C)C(C)C)C1. The van der Waals surface area contributed by atoms with Gasteiger partial charge in [-0.1, -0.05) is 0 Å². The van der Waals surface area contributed by atoms with Crippen LogP contribution in [-0.4, -0.2) is 61.5 Å². The summed E-state index contributed by atoms with van der Waals surface area (Å²) < 4.78 is 0. The molecule has 0 bridgehead atoms. The highest BCUT2D eigenvalue weighted by Gasteiger charge is 2.22. The average Bonchev–Trinajstić information content (AvgIpc) is 2.28. The van der Waals surface area contributed by atoms with Crippen molar-refractivity contribution in [3.63, 3.8) is 0 Å². The highest BCUT2D eigenvalue weighted by atomic mass is 16.2. The van der Waals surface area contributed by atoms with Crippen LogP contribution < -0.4 is 5.32 Å². The Morgan fingerprint density at radius 3 is 2.81 bits per heavy atom. The summed E-state index contributed by atoms with van der Waals surface area (Å²) in [5, 5.41) is 3.29. The summed E-state index contributed by atoms with van der Waals surface area (Å²) >= 11 is 0. The fourth-order valence-corrected chi connectivity index (χ4v) is 2.03. The Balaban J connectivity index is 2.38. The highest BCUT2D eigenvalue weighted by Crippen LogP contribution is 2.10. The van der Waals surface area contributed by atoms with Crippen molar-refractivity contribution in [3.05, 3.63) is 0 Å². The number of piperidine rings is 1. The van der Waals surface area contributed by atoms with Crippen LogP contribution in [0.3, 0.4) is 0 Å². The molecule has 4 heteroatoms. The van der Waals surface area contributed by atoms with Crippen molar-refractivity contribution >= 4 is 5.91 Å². The van der Waals surface area contributed by atoms with E-state index in [-0.39, 0.29) is 11.9 Å². The number of hydrogen-bond acceptors (Lipinski definition) is 3. The molecule has 1 rings (SSSR count). The Hall–Kier alpha value is -0.610. The zero-order chi connectivity index (χ0) is 12.1. The summed E-state index contributed by atoms with van der Waals surface area (Å²) in [4.78, 5) is 16.0. The van der Waals surface area contributed by atoms with Gasteiger partial charge in [0, 0.05) is 25.7 Å². The molecule has 0 aromatic rings. The molecule has 0 aromatic carbocycles. The Labute approximate surface area is 99.0 Å². The van der Waals surface area contributed by atoms with Gasteiger partial charge in [0.2, 0.25) is 5.91 Å². The van der Waals surface area contributed by atoms with Crippen molar-refractivity contribution in [2.45, 2.75) is 38.8 Å². The number of nitrogens with zero attached hydrogens (tertiary/aromatic N) is 2. The molecule has 1 atom stereocenters. The molecular weight excluding hydrogens is 202 g/mol. The Kier molecular flexibility index (Phi) is 5.22. The van der Waals surface area contributed by atoms with Crippen LogP contribution in [0.4, 0.5) is 0 Å². The second-order valence-corrected chi connectivity index (χ2v) is 4.96. The van der Waals surface area contributed by atoms with E-state index in [4.69, 9.17) is 0 Å². The molecule has 1 aliphatic heterocycles. The Bertz CT molecular complexity index is 230. The minimum Gasteiger partial charge on any atom is -0.342 e. The molecule has 4 nitrogen and oxygen atoms in total. The molecule has 1 unspecified atom stereocenters. The smallest absolute Gasteiger partial charge is 0.236 e. The van der Waals surface area contributed by atoms with E-state index in [1.165, 1.54) is 12.8 Å². The lowest BCUT2D eigenvalue weighted by molar-refractivity contribution is -0.132. The first kappa shape index (κ1) is 13.5. The number of likely N-dealkylation sites (N-methyl/N-ethyl adjacent to an activating group) is 2. The molecule has 1 saturated heterocycles. The predicted molar refractivity (Wildman–Crippen MR) is 66.4 cm³/mol. The third-order valence-corrected chi connectivity index (χ3v) is 3.44. The summed E-state index contributed by atoms with van der Waals surface area (Å²) in [5.41, 5.74) is 0. The van der Waals surface area contributed by atoms with Gasteiger partial charge in [0.1, 0.15) is 0 Å². The van der Waals surface area contributed by atoms with Gasteiger partial charge in [-0.15, -0.1) is 0 Å². The summed E-state index contributed by atoms with van der Waals surface area (Å²) in [5.74, 6) is 0.228. The van der Waals surface area contributed by atoms with E-state index < -0.39 is 0 Å². The molecule has 0 saturated carbocycles. The first-order valence-corrected chi connectivity index (χ1v) is 6.20. The van der Waals surface area contributed by atoms with Gasteiger partial charge in [0.05, 0.1) is 6.54 Å². The number of likely N-dealkylation sites (tertiary alicyclic amines) is 1. The van der Waals surface area contributed by atoms with E-state index >= 15 is 0 Å². The monoisotopic (exact) mass is 227 g/mol. The van der Waals surface area contributed by atoms with Crippen molar-refractivity contribution in [1.29, 1.82) is 0 Å². The van der Waals surface area contributed by atoms with Crippen LogP contribution >= 0.6 is 0 Å². The van der Waals surface area contributed by atoms with E-state index in [1.54, 1.807) is 0 Å². The lowest BCUT2D eigenvalue weighted by Crippen LogP contribution is -2.49. The van der Waals surface area contributed by atoms with Crippen LogP contribution in [0.2, 0.25) is 0 Å². The summed E-state index contributed by atoms with van der Waals surface area (Å²) in [6.45, 7) is 6.70. The molecule has 0 aromatic heterocycles. The van der Waals surface area contributed by atoms with Gasteiger partial charge in [-0.25, -0.2) is 0 Å². The zero-order valence-corrected chi connectivity index (χ0v) is 11.0. The topological polar surface area (TPSA) is 35.6 Å². The number of amides is 1. The summed E-state index contributed by atoms with van der Waals surface area (Å²) in [7, 11) is 3.88. The van der Waals surface area contributed by atoms with Crippen molar-refractivity contribution < 1.29 is 4.79 Å². The fourth-order valence-electron chi connectivity index (χ4n) is 2.03. The van der Waals surface area contributed by atoms with Crippen molar-refractivity contribution in [2.75, 3.05) is 33.7 Å². The second kappa shape index (κ2) is 6.21. The number of carbonyl (C=O) groups is 1. The maximum atomic E-state index is 11.9. The quantitative estimate of drug-likeness (QED) is 0.761. The van der Waals surface area contributed by atoms with Gasteiger partial charge < -0.3 is 10.2 Å². The van der Waals surface area contributed by atoms with Crippen LogP contribution in [0, 0.1) is 0 Å². The molecule has 16 heavy (non-hydrogen) atoms. The lowest BCUT2D eigenvalue weighted by Gasteiger charge is -2.33. The van der Waals surface area contributed by atoms with Crippen molar-refractivity contribution in [3.8, 4) is 0 Å².